The summed E-state index contributed by atoms with van der Waals surface area (Å²) in [4.78, 5) is 39.2. The van der Waals surface area contributed by atoms with Crippen LogP contribution in [0.4, 0.5) is 5.69 Å². The molecule has 2 unspecified atom stereocenters. The Hall–Kier alpha value is -3.15. The molecule has 1 aliphatic heterocycles. The second-order valence-corrected chi connectivity index (χ2v) is 8.74. The van der Waals surface area contributed by atoms with Crippen LogP contribution < -0.4 is 10.6 Å². The van der Waals surface area contributed by atoms with E-state index in [2.05, 4.69) is 17.6 Å². The van der Waals surface area contributed by atoms with Crippen LogP contribution in [0.5, 0.6) is 0 Å². The molecular weight excluding hydrogens is 390 g/mol. The Kier molecular flexibility index (Phi) is 6.07. The molecule has 1 saturated heterocycles. The average Bonchev–Trinajstić information content (AvgIpc) is 3.51. The van der Waals surface area contributed by atoms with Gasteiger partial charge in [-0.2, -0.15) is 0 Å². The molecule has 1 heterocycles. The zero-order valence-corrected chi connectivity index (χ0v) is 18.1. The Morgan fingerprint density at radius 3 is 2.23 bits per heavy atom. The molecule has 0 radical (unpaired) electrons. The van der Waals surface area contributed by atoms with Gasteiger partial charge < -0.3 is 15.5 Å². The Balaban J connectivity index is 1.27. The van der Waals surface area contributed by atoms with Crippen molar-refractivity contribution in [3.63, 3.8) is 0 Å². The molecule has 2 aliphatic rings. The lowest BCUT2D eigenvalue weighted by atomic mass is 10.0. The average molecular weight is 420 g/mol. The summed E-state index contributed by atoms with van der Waals surface area (Å²) in [5.41, 5.74) is 2.99. The van der Waals surface area contributed by atoms with E-state index in [1.165, 1.54) is 0 Å². The molecule has 31 heavy (non-hydrogen) atoms. The quantitative estimate of drug-likeness (QED) is 0.777. The summed E-state index contributed by atoms with van der Waals surface area (Å²) in [6.07, 6.45) is 2.41. The Morgan fingerprint density at radius 1 is 0.968 bits per heavy atom. The van der Waals surface area contributed by atoms with Crippen LogP contribution in [0.1, 0.15) is 52.5 Å². The molecule has 2 atom stereocenters. The monoisotopic (exact) mass is 419 g/mol. The SMILES string of the molecule is Cc1ccccc1C(=O)NC1CCN(C(=O)c2ccc(NC(=O)C3CC3C)cc2)CC1. The summed E-state index contributed by atoms with van der Waals surface area (Å²) in [6, 6.07) is 14.7. The van der Waals surface area contributed by atoms with Crippen molar-refractivity contribution in [2.45, 2.75) is 39.2 Å². The lowest BCUT2D eigenvalue weighted by molar-refractivity contribution is -0.117. The minimum Gasteiger partial charge on any atom is -0.349 e. The number of carbonyl (C=O) groups excluding carboxylic acids is 3. The molecule has 3 amide bonds. The third-order valence-electron chi connectivity index (χ3n) is 6.35. The Morgan fingerprint density at radius 2 is 1.61 bits per heavy atom. The molecule has 2 fully saturated rings. The van der Waals surface area contributed by atoms with E-state index in [9.17, 15) is 14.4 Å². The number of likely N-dealkylation sites (tertiary alicyclic amines) is 1. The number of benzene rings is 2. The van der Waals surface area contributed by atoms with Crippen LogP contribution in [0.15, 0.2) is 48.5 Å². The van der Waals surface area contributed by atoms with Gasteiger partial charge in [0.25, 0.3) is 11.8 Å². The van der Waals surface area contributed by atoms with E-state index in [-0.39, 0.29) is 29.7 Å². The van der Waals surface area contributed by atoms with Gasteiger partial charge in [-0.3, -0.25) is 14.4 Å². The lowest BCUT2D eigenvalue weighted by Crippen LogP contribution is -2.46. The van der Waals surface area contributed by atoms with E-state index in [0.717, 1.165) is 30.5 Å². The Bertz CT molecular complexity index is 978. The molecule has 0 spiro atoms. The van der Waals surface area contributed by atoms with E-state index >= 15 is 0 Å². The van der Waals surface area contributed by atoms with Crippen LogP contribution in [0.2, 0.25) is 0 Å². The van der Waals surface area contributed by atoms with E-state index in [1.54, 1.807) is 24.3 Å². The predicted molar refractivity (Wildman–Crippen MR) is 120 cm³/mol. The number of nitrogens with zero attached hydrogens (tertiary/aromatic N) is 1. The fraction of sp³-hybridized carbons (Fsp3) is 0.400. The van der Waals surface area contributed by atoms with E-state index in [1.807, 2.05) is 36.1 Å². The number of carbonyl (C=O) groups is 3. The fourth-order valence-corrected chi connectivity index (χ4v) is 4.12. The molecule has 2 N–H and O–H groups in total. The number of rotatable bonds is 5. The second kappa shape index (κ2) is 8.92. The predicted octanol–water partition coefficient (Wildman–Crippen LogP) is 3.62. The van der Waals surface area contributed by atoms with Crippen LogP contribution in [-0.4, -0.2) is 41.8 Å². The summed E-state index contributed by atoms with van der Waals surface area (Å²) in [6.45, 7) is 5.22. The van der Waals surface area contributed by atoms with Gasteiger partial charge in [-0.05, 0) is 68.0 Å². The van der Waals surface area contributed by atoms with Crippen molar-refractivity contribution in [3.05, 3.63) is 65.2 Å². The first-order chi connectivity index (χ1) is 14.9. The molecule has 162 valence electrons. The third kappa shape index (κ3) is 4.95. The van der Waals surface area contributed by atoms with Crippen molar-refractivity contribution in [3.8, 4) is 0 Å². The third-order valence-corrected chi connectivity index (χ3v) is 6.35. The van der Waals surface area contributed by atoms with Gasteiger partial charge in [0, 0.05) is 41.9 Å². The number of hydrogen-bond donors (Lipinski definition) is 2. The van der Waals surface area contributed by atoms with Crippen LogP contribution in [0.25, 0.3) is 0 Å². The zero-order chi connectivity index (χ0) is 22.0. The second-order valence-electron chi connectivity index (χ2n) is 8.74. The summed E-state index contributed by atoms with van der Waals surface area (Å²) < 4.78 is 0. The topological polar surface area (TPSA) is 78.5 Å². The molecular formula is C25H29N3O3. The summed E-state index contributed by atoms with van der Waals surface area (Å²) in [5.74, 6) is 0.569. The molecule has 1 saturated carbocycles. The number of amides is 3. The highest BCUT2D eigenvalue weighted by Gasteiger charge is 2.39. The minimum absolute atomic E-state index is 0.0163. The van der Waals surface area contributed by atoms with Crippen LogP contribution in [-0.2, 0) is 4.79 Å². The molecule has 1 aliphatic carbocycles. The molecule has 0 bridgehead atoms. The van der Waals surface area contributed by atoms with Gasteiger partial charge >= 0.3 is 0 Å². The van der Waals surface area contributed by atoms with Gasteiger partial charge in [-0.15, -0.1) is 0 Å². The number of piperidine rings is 1. The smallest absolute Gasteiger partial charge is 0.253 e. The van der Waals surface area contributed by atoms with Crippen LogP contribution in [0, 0.1) is 18.8 Å². The largest absolute Gasteiger partial charge is 0.349 e. The number of aryl methyl sites for hydroxylation is 1. The van der Waals surface area contributed by atoms with Crippen molar-refractivity contribution >= 4 is 23.4 Å². The molecule has 2 aromatic carbocycles. The van der Waals surface area contributed by atoms with Gasteiger partial charge in [0.15, 0.2) is 0 Å². The highest BCUT2D eigenvalue weighted by molar-refractivity contribution is 5.97. The summed E-state index contributed by atoms with van der Waals surface area (Å²) in [7, 11) is 0. The number of anilines is 1. The van der Waals surface area contributed by atoms with Crippen molar-refractivity contribution in [2.75, 3.05) is 18.4 Å². The maximum Gasteiger partial charge on any atom is 0.253 e. The highest BCUT2D eigenvalue weighted by atomic mass is 16.2. The lowest BCUT2D eigenvalue weighted by Gasteiger charge is -2.32. The zero-order valence-electron chi connectivity index (χ0n) is 18.1. The van der Waals surface area contributed by atoms with Gasteiger partial charge in [0.2, 0.25) is 5.91 Å². The standard InChI is InChI=1S/C25H29N3O3/c1-16-5-3-4-6-21(16)23(29)27-20-11-13-28(14-12-20)25(31)18-7-9-19(10-8-18)26-24(30)22-15-17(22)2/h3-10,17,20,22H,11-15H2,1-2H3,(H,26,30)(H,27,29). The first-order valence-corrected chi connectivity index (χ1v) is 11.0. The number of nitrogens with one attached hydrogen (secondary N) is 2. The molecule has 6 heteroatoms. The normalized spacial score (nSPS) is 20.8. The van der Waals surface area contributed by atoms with Crippen LogP contribution in [0.3, 0.4) is 0 Å². The molecule has 0 aromatic heterocycles. The van der Waals surface area contributed by atoms with Gasteiger partial charge in [-0.25, -0.2) is 0 Å². The fourth-order valence-electron chi connectivity index (χ4n) is 4.12. The Labute approximate surface area is 183 Å². The molecule has 2 aromatic rings. The first-order valence-electron chi connectivity index (χ1n) is 11.0. The molecule has 6 nitrogen and oxygen atoms in total. The first kappa shape index (κ1) is 21.1. The number of hydrogen-bond acceptors (Lipinski definition) is 3. The summed E-state index contributed by atoms with van der Waals surface area (Å²) in [5, 5.41) is 6.02. The highest BCUT2D eigenvalue weighted by Crippen LogP contribution is 2.38. The van der Waals surface area contributed by atoms with Crippen molar-refractivity contribution in [1.29, 1.82) is 0 Å². The van der Waals surface area contributed by atoms with Crippen molar-refractivity contribution in [1.82, 2.24) is 10.2 Å². The summed E-state index contributed by atoms with van der Waals surface area (Å²) >= 11 is 0. The van der Waals surface area contributed by atoms with Crippen LogP contribution >= 0.6 is 0 Å². The van der Waals surface area contributed by atoms with Gasteiger partial charge in [0.1, 0.15) is 0 Å². The van der Waals surface area contributed by atoms with E-state index < -0.39 is 0 Å². The maximum absolute atomic E-state index is 12.8. The molecule has 4 rings (SSSR count). The maximum atomic E-state index is 12.8. The van der Waals surface area contributed by atoms with Crippen molar-refractivity contribution in [2.24, 2.45) is 11.8 Å². The van der Waals surface area contributed by atoms with E-state index in [0.29, 0.717) is 30.1 Å². The van der Waals surface area contributed by atoms with Gasteiger partial charge in [-0.1, -0.05) is 25.1 Å². The van der Waals surface area contributed by atoms with Gasteiger partial charge in [0.05, 0.1) is 0 Å². The van der Waals surface area contributed by atoms with Crippen molar-refractivity contribution < 1.29 is 14.4 Å². The minimum atomic E-state index is -0.0545. The van der Waals surface area contributed by atoms with E-state index in [4.69, 9.17) is 0 Å².